The zero-order valence-corrected chi connectivity index (χ0v) is 14.2. The van der Waals surface area contributed by atoms with Gasteiger partial charge in [0.1, 0.15) is 0 Å². The molecule has 0 spiro atoms. The van der Waals surface area contributed by atoms with Crippen molar-refractivity contribution in [2.24, 2.45) is 0 Å². The van der Waals surface area contributed by atoms with Gasteiger partial charge in [0, 0.05) is 11.4 Å². The Bertz CT molecular complexity index is 943. The van der Waals surface area contributed by atoms with Crippen molar-refractivity contribution >= 4 is 23.1 Å². The number of nitrogens with zero attached hydrogens (tertiary/aromatic N) is 3. The Morgan fingerprint density at radius 3 is 2.46 bits per heavy atom. The van der Waals surface area contributed by atoms with Crippen LogP contribution in [-0.4, -0.2) is 16.1 Å². The molecule has 0 aliphatic heterocycles. The van der Waals surface area contributed by atoms with Crippen LogP contribution in [0.1, 0.15) is 28.5 Å². The van der Waals surface area contributed by atoms with Crippen LogP contribution >= 0.6 is 0 Å². The zero-order valence-electron chi connectivity index (χ0n) is 14.2. The van der Waals surface area contributed by atoms with Crippen molar-refractivity contribution in [1.29, 1.82) is 5.26 Å². The highest BCUT2D eigenvalue weighted by atomic mass is 16.1. The van der Waals surface area contributed by atoms with E-state index in [9.17, 15) is 4.79 Å². The number of nitrogens with one attached hydrogen (secondary N) is 2. The molecule has 2 N–H and O–H groups in total. The van der Waals surface area contributed by atoms with Gasteiger partial charge in [-0.3, -0.25) is 4.79 Å². The van der Waals surface area contributed by atoms with Crippen LogP contribution in [0.5, 0.6) is 0 Å². The number of carbonyl (C=O) groups excluding carboxylic acids is 1. The van der Waals surface area contributed by atoms with Gasteiger partial charge in [0.25, 0.3) is 5.91 Å². The van der Waals surface area contributed by atoms with E-state index in [1.807, 2.05) is 24.3 Å². The summed E-state index contributed by atoms with van der Waals surface area (Å²) in [4.78, 5) is 12.2. The van der Waals surface area contributed by atoms with Crippen molar-refractivity contribution in [1.82, 2.24) is 10.2 Å². The van der Waals surface area contributed by atoms with Crippen LogP contribution in [0.3, 0.4) is 0 Å². The molecule has 0 aliphatic rings. The number of nitriles is 1. The third kappa shape index (κ3) is 4.02. The standard InChI is InChI=1S/C20H17N5O/c1-2-15-5-3-4-6-17(15)23-19-12-11-18(24-25-19)20(26)22-16-9-7-14(13-21)8-10-16/h3-12H,2H2,1H3,(H,22,26)(H,23,25). The van der Waals surface area contributed by atoms with Gasteiger partial charge in [0.2, 0.25) is 0 Å². The molecular weight excluding hydrogens is 326 g/mol. The third-order valence-corrected chi connectivity index (χ3v) is 3.83. The van der Waals surface area contributed by atoms with Gasteiger partial charge in [-0.1, -0.05) is 25.1 Å². The average molecular weight is 343 g/mol. The van der Waals surface area contributed by atoms with Crippen LogP contribution in [0.4, 0.5) is 17.2 Å². The number of aryl methyl sites for hydroxylation is 1. The first-order valence-electron chi connectivity index (χ1n) is 8.20. The van der Waals surface area contributed by atoms with Crippen molar-refractivity contribution < 1.29 is 4.79 Å². The molecular formula is C20H17N5O. The van der Waals surface area contributed by atoms with Gasteiger partial charge in [-0.15, -0.1) is 10.2 Å². The Labute approximate surface area is 151 Å². The molecule has 1 aromatic heterocycles. The van der Waals surface area contributed by atoms with Gasteiger partial charge in [-0.05, 0) is 54.4 Å². The molecule has 1 heterocycles. The summed E-state index contributed by atoms with van der Waals surface area (Å²) < 4.78 is 0. The van der Waals surface area contributed by atoms with Crippen molar-refractivity contribution in [2.45, 2.75) is 13.3 Å². The van der Waals surface area contributed by atoms with Gasteiger partial charge < -0.3 is 10.6 Å². The maximum atomic E-state index is 12.2. The first-order valence-corrected chi connectivity index (χ1v) is 8.20. The van der Waals surface area contributed by atoms with Gasteiger partial charge in [-0.2, -0.15) is 5.26 Å². The summed E-state index contributed by atoms with van der Waals surface area (Å²) in [6.45, 7) is 2.09. The third-order valence-electron chi connectivity index (χ3n) is 3.83. The second kappa shape index (κ2) is 7.90. The molecule has 1 amide bonds. The summed E-state index contributed by atoms with van der Waals surface area (Å²) in [5.74, 6) is 0.212. The molecule has 6 heteroatoms. The smallest absolute Gasteiger partial charge is 0.276 e. The van der Waals surface area contributed by atoms with E-state index < -0.39 is 0 Å². The van der Waals surface area contributed by atoms with Crippen molar-refractivity contribution in [3.8, 4) is 6.07 Å². The van der Waals surface area contributed by atoms with Crippen LogP contribution in [0.25, 0.3) is 0 Å². The Morgan fingerprint density at radius 1 is 1.04 bits per heavy atom. The number of benzene rings is 2. The highest BCUT2D eigenvalue weighted by Gasteiger charge is 2.09. The number of amides is 1. The van der Waals surface area contributed by atoms with Crippen molar-refractivity contribution in [2.75, 3.05) is 10.6 Å². The fourth-order valence-electron chi connectivity index (χ4n) is 2.43. The molecule has 0 saturated carbocycles. The van der Waals surface area contributed by atoms with E-state index in [1.54, 1.807) is 36.4 Å². The van der Waals surface area contributed by atoms with Crippen molar-refractivity contribution in [3.63, 3.8) is 0 Å². The molecule has 0 atom stereocenters. The molecule has 3 aromatic rings. The van der Waals surface area contributed by atoms with Gasteiger partial charge >= 0.3 is 0 Å². The molecule has 0 bridgehead atoms. The Hall–Kier alpha value is -3.72. The van der Waals surface area contributed by atoms with Gasteiger partial charge in [0.15, 0.2) is 11.5 Å². The Balaban J connectivity index is 1.68. The molecule has 0 aliphatic carbocycles. The Morgan fingerprint density at radius 2 is 1.81 bits per heavy atom. The average Bonchev–Trinajstić information content (AvgIpc) is 2.69. The quantitative estimate of drug-likeness (QED) is 0.733. The fourth-order valence-corrected chi connectivity index (χ4v) is 2.43. The van der Waals surface area contributed by atoms with Crippen LogP contribution in [0.15, 0.2) is 60.7 Å². The maximum Gasteiger partial charge on any atom is 0.276 e. The minimum atomic E-state index is -0.359. The maximum absolute atomic E-state index is 12.2. The lowest BCUT2D eigenvalue weighted by Crippen LogP contribution is -2.14. The molecule has 6 nitrogen and oxygen atoms in total. The summed E-state index contributed by atoms with van der Waals surface area (Å²) in [5.41, 5.74) is 3.49. The second-order valence-corrected chi connectivity index (χ2v) is 5.58. The Kier molecular flexibility index (Phi) is 5.20. The molecule has 0 radical (unpaired) electrons. The van der Waals surface area contributed by atoms with E-state index in [-0.39, 0.29) is 11.6 Å². The van der Waals surface area contributed by atoms with E-state index in [0.29, 0.717) is 17.1 Å². The molecule has 0 saturated heterocycles. The zero-order chi connectivity index (χ0) is 18.4. The number of carbonyl (C=O) groups is 1. The summed E-state index contributed by atoms with van der Waals surface area (Å²) in [7, 11) is 0. The van der Waals surface area contributed by atoms with E-state index in [1.165, 1.54) is 5.56 Å². The van der Waals surface area contributed by atoms with Gasteiger partial charge in [-0.25, -0.2) is 0 Å². The lowest BCUT2D eigenvalue weighted by Gasteiger charge is -2.10. The summed E-state index contributed by atoms with van der Waals surface area (Å²) in [6.07, 6.45) is 0.904. The molecule has 2 aromatic carbocycles. The highest BCUT2D eigenvalue weighted by molar-refractivity contribution is 6.02. The predicted octanol–water partition coefficient (Wildman–Crippen LogP) is 3.91. The molecule has 3 rings (SSSR count). The number of aromatic nitrogens is 2. The summed E-state index contributed by atoms with van der Waals surface area (Å²) in [5, 5.41) is 22.8. The van der Waals surface area contributed by atoms with Crippen LogP contribution in [0.2, 0.25) is 0 Å². The van der Waals surface area contributed by atoms with Crippen molar-refractivity contribution in [3.05, 3.63) is 77.5 Å². The largest absolute Gasteiger partial charge is 0.339 e. The van der Waals surface area contributed by atoms with Crippen LogP contribution in [0, 0.1) is 11.3 Å². The first kappa shape index (κ1) is 17.1. The SMILES string of the molecule is CCc1ccccc1Nc1ccc(C(=O)Nc2ccc(C#N)cc2)nn1. The monoisotopic (exact) mass is 343 g/mol. The molecule has 0 unspecified atom stereocenters. The van der Waals surface area contributed by atoms with Gasteiger partial charge in [0.05, 0.1) is 11.6 Å². The molecule has 0 fully saturated rings. The van der Waals surface area contributed by atoms with E-state index in [0.717, 1.165) is 12.1 Å². The first-order chi connectivity index (χ1) is 12.7. The normalized spacial score (nSPS) is 10.0. The number of hydrogen-bond acceptors (Lipinski definition) is 5. The van der Waals surface area contributed by atoms with E-state index >= 15 is 0 Å². The molecule has 26 heavy (non-hydrogen) atoms. The number of anilines is 3. The lowest BCUT2D eigenvalue weighted by atomic mass is 10.1. The minimum Gasteiger partial charge on any atom is -0.339 e. The number of rotatable bonds is 5. The van der Waals surface area contributed by atoms with Crippen LogP contribution in [-0.2, 0) is 6.42 Å². The fraction of sp³-hybridized carbons (Fsp3) is 0.100. The van der Waals surface area contributed by atoms with Crippen LogP contribution < -0.4 is 10.6 Å². The summed E-state index contributed by atoms with van der Waals surface area (Å²) >= 11 is 0. The number of para-hydroxylation sites is 1. The second-order valence-electron chi connectivity index (χ2n) is 5.58. The number of hydrogen-bond donors (Lipinski definition) is 2. The highest BCUT2D eigenvalue weighted by Crippen LogP contribution is 2.19. The van der Waals surface area contributed by atoms with E-state index in [4.69, 9.17) is 5.26 Å². The van der Waals surface area contributed by atoms with E-state index in [2.05, 4.69) is 33.8 Å². The minimum absolute atomic E-state index is 0.212. The predicted molar refractivity (Wildman–Crippen MR) is 100 cm³/mol. The topological polar surface area (TPSA) is 90.7 Å². The molecule has 128 valence electrons. The lowest BCUT2D eigenvalue weighted by molar-refractivity contribution is 0.102. The summed E-state index contributed by atoms with van der Waals surface area (Å²) in [6, 6.07) is 19.9.